The summed E-state index contributed by atoms with van der Waals surface area (Å²) in [6, 6.07) is 0. The minimum atomic E-state index is 0.339. The highest BCUT2D eigenvalue weighted by Gasteiger charge is 2.20. The molecular formula is C9H13ClN4S. The Labute approximate surface area is 98.2 Å². The van der Waals surface area contributed by atoms with Gasteiger partial charge in [0.15, 0.2) is 11.0 Å². The molecule has 1 aliphatic heterocycles. The van der Waals surface area contributed by atoms with Crippen LogP contribution in [0, 0.1) is 0 Å². The van der Waals surface area contributed by atoms with Gasteiger partial charge in [0.05, 0.1) is 0 Å². The van der Waals surface area contributed by atoms with Crippen molar-refractivity contribution < 1.29 is 0 Å². The van der Waals surface area contributed by atoms with Gasteiger partial charge < -0.3 is 10.6 Å². The maximum atomic E-state index is 5.86. The molecule has 4 nitrogen and oxygen atoms in total. The summed E-state index contributed by atoms with van der Waals surface area (Å²) in [7, 11) is 0. The lowest BCUT2D eigenvalue weighted by atomic mass is 10.3. The van der Waals surface area contributed by atoms with Gasteiger partial charge in [0.1, 0.15) is 12.0 Å². The van der Waals surface area contributed by atoms with Gasteiger partial charge >= 0.3 is 0 Å². The summed E-state index contributed by atoms with van der Waals surface area (Å²) < 4.78 is 0. The number of rotatable bonds is 1. The summed E-state index contributed by atoms with van der Waals surface area (Å²) in [5.74, 6) is 1.87. The third-order valence-corrected chi connectivity index (χ3v) is 3.79. The van der Waals surface area contributed by atoms with E-state index in [1.807, 2.05) is 11.8 Å². The van der Waals surface area contributed by atoms with Crippen molar-refractivity contribution in [1.29, 1.82) is 0 Å². The summed E-state index contributed by atoms with van der Waals surface area (Å²) in [5, 5.41) is 0.942. The van der Waals surface area contributed by atoms with Gasteiger partial charge in [0.2, 0.25) is 0 Å². The number of nitrogen functional groups attached to an aromatic ring is 1. The van der Waals surface area contributed by atoms with Gasteiger partial charge in [0, 0.05) is 24.1 Å². The molecule has 1 aliphatic rings. The zero-order valence-corrected chi connectivity index (χ0v) is 10.1. The van der Waals surface area contributed by atoms with Crippen LogP contribution in [0.5, 0.6) is 0 Å². The van der Waals surface area contributed by atoms with Crippen molar-refractivity contribution >= 4 is 34.9 Å². The minimum Gasteiger partial charge on any atom is -0.393 e. The molecular weight excluding hydrogens is 232 g/mol. The van der Waals surface area contributed by atoms with Crippen molar-refractivity contribution in [3.05, 3.63) is 11.5 Å². The Morgan fingerprint density at radius 2 is 2.40 bits per heavy atom. The van der Waals surface area contributed by atoms with Crippen LogP contribution in [0.3, 0.4) is 0 Å². The lowest BCUT2D eigenvalue weighted by Crippen LogP contribution is -2.37. The van der Waals surface area contributed by atoms with Gasteiger partial charge in [-0.2, -0.15) is 11.8 Å². The summed E-state index contributed by atoms with van der Waals surface area (Å²) in [5.41, 5.74) is 6.34. The Bertz CT molecular complexity index is 360. The number of halogens is 1. The van der Waals surface area contributed by atoms with E-state index in [9.17, 15) is 0 Å². The standard InChI is InChI=1S/C9H13ClN4S/c1-6-4-14(2-3-15-6)9-7(11)8(10)12-5-13-9/h5-6H,2-4,11H2,1H3. The molecule has 1 aromatic rings. The average Bonchev–Trinajstić information content (AvgIpc) is 2.22. The van der Waals surface area contributed by atoms with E-state index in [4.69, 9.17) is 17.3 Å². The van der Waals surface area contributed by atoms with Crippen LogP contribution in [0.25, 0.3) is 0 Å². The molecule has 6 heteroatoms. The first-order valence-electron chi connectivity index (χ1n) is 4.81. The van der Waals surface area contributed by atoms with E-state index in [0.717, 1.165) is 24.7 Å². The number of thioether (sulfide) groups is 1. The highest BCUT2D eigenvalue weighted by Crippen LogP contribution is 2.29. The fourth-order valence-electron chi connectivity index (χ4n) is 1.63. The van der Waals surface area contributed by atoms with Crippen molar-refractivity contribution in [2.75, 3.05) is 29.5 Å². The molecule has 2 rings (SSSR count). The highest BCUT2D eigenvalue weighted by molar-refractivity contribution is 8.00. The van der Waals surface area contributed by atoms with E-state index in [-0.39, 0.29) is 0 Å². The SMILES string of the molecule is CC1CN(c2ncnc(Cl)c2N)CCS1. The molecule has 0 radical (unpaired) electrons. The molecule has 1 unspecified atom stereocenters. The number of anilines is 2. The smallest absolute Gasteiger partial charge is 0.157 e. The van der Waals surface area contributed by atoms with E-state index >= 15 is 0 Å². The van der Waals surface area contributed by atoms with Crippen LogP contribution in [0.4, 0.5) is 11.5 Å². The first-order chi connectivity index (χ1) is 7.18. The zero-order valence-electron chi connectivity index (χ0n) is 8.48. The number of nitrogens with zero attached hydrogens (tertiary/aromatic N) is 3. The summed E-state index contributed by atoms with van der Waals surface area (Å²) in [6.45, 7) is 4.13. The van der Waals surface area contributed by atoms with Crippen LogP contribution in [-0.4, -0.2) is 34.1 Å². The molecule has 82 valence electrons. The van der Waals surface area contributed by atoms with Crippen molar-refractivity contribution in [1.82, 2.24) is 9.97 Å². The summed E-state index contributed by atoms with van der Waals surface area (Å²) in [4.78, 5) is 10.2. The van der Waals surface area contributed by atoms with Crippen molar-refractivity contribution in [3.8, 4) is 0 Å². The zero-order chi connectivity index (χ0) is 10.8. The first kappa shape index (κ1) is 10.8. The van der Waals surface area contributed by atoms with Crippen LogP contribution < -0.4 is 10.6 Å². The second-order valence-corrected chi connectivity index (χ2v) is 5.43. The third-order valence-electron chi connectivity index (χ3n) is 2.35. The second-order valence-electron chi connectivity index (χ2n) is 3.53. The molecule has 1 saturated heterocycles. The number of aromatic nitrogens is 2. The van der Waals surface area contributed by atoms with E-state index in [2.05, 4.69) is 21.8 Å². The van der Waals surface area contributed by atoms with Gasteiger partial charge in [-0.25, -0.2) is 9.97 Å². The van der Waals surface area contributed by atoms with Crippen LogP contribution in [0.15, 0.2) is 6.33 Å². The minimum absolute atomic E-state index is 0.339. The lowest BCUT2D eigenvalue weighted by Gasteiger charge is -2.32. The Balaban J connectivity index is 2.24. The molecule has 0 bridgehead atoms. The molecule has 0 spiro atoms. The Morgan fingerprint density at radius 3 is 3.13 bits per heavy atom. The van der Waals surface area contributed by atoms with Crippen LogP contribution in [0.1, 0.15) is 6.92 Å². The second kappa shape index (κ2) is 4.45. The molecule has 1 atom stereocenters. The molecule has 1 fully saturated rings. The van der Waals surface area contributed by atoms with Gasteiger partial charge in [-0.05, 0) is 0 Å². The Morgan fingerprint density at radius 1 is 1.60 bits per heavy atom. The number of hydrogen-bond acceptors (Lipinski definition) is 5. The van der Waals surface area contributed by atoms with Gasteiger partial charge in [-0.3, -0.25) is 0 Å². The van der Waals surface area contributed by atoms with Crippen LogP contribution in [-0.2, 0) is 0 Å². The number of hydrogen-bond donors (Lipinski definition) is 1. The van der Waals surface area contributed by atoms with E-state index in [0.29, 0.717) is 16.1 Å². The van der Waals surface area contributed by atoms with E-state index < -0.39 is 0 Å². The quantitative estimate of drug-likeness (QED) is 0.762. The molecule has 0 saturated carbocycles. The molecule has 2 N–H and O–H groups in total. The summed E-state index contributed by atoms with van der Waals surface area (Å²) >= 11 is 7.83. The first-order valence-corrected chi connectivity index (χ1v) is 6.23. The predicted octanol–water partition coefficient (Wildman–Crippen LogP) is 1.65. The molecule has 2 heterocycles. The average molecular weight is 245 g/mol. The molecule has 0 aromatic carbocycles. The fourth-order valence-corrected chi connectivity index (χ4v) is 2.77. The lowest BCUT2D eigenvalue weighted by molar-refractivity contribution is 0.769. The van der Waals surface area contributed by atoms with Crippen molar-refractivity contribution in [3.63, 3.8) is 0 Å². The molecule has 15 heavy (non-hydrogen) atoms. The fraction of sp³-hybridized carbons (Fsp3) is 0.556. The van der Waals surface area contributed by atoms with Crippen LogP contribution in [0.2, 0.25) is 5.15 Å². The van der Waals surface area contributed by atoms with Crippen LogP contribution >= 0.6 is 23.4 Å². The van der Waals surface area contributed by atoms with Crippen molar-refractivity contribution in [2.24, 2.45) is 0 Å². The van der Waals surface area contributed by atoms with E-state index in [1.165, 1.54) is 6.33 Å². The normalized spacial score (nSPS) is 21.7. The Hall–Kier alpha value is -0.680. The maximum Gasteiger partial charge on any atom is 0.157 e. The summed E-state index contributed by atoms with van der Waals surface area (Å²) in [6.07, 6.45) is 1.46. The van der Waals surface area contributed by atoms with E-state index in [1.54, 1.807) is 0 Å². The monoisotopic (exact) mass is 244 g/mol. The van der Waals surface area contributed by atoms with Gasteiger partial charge in [-0.15, -0.1) is 0 Å². The predicted molar refractivity (Wildman–Crippen MR) is 65.6 cm³/mol. The Kier molecular flexibility index (Phi) is 3.21. The molecule has 1 aromatic heterocycles. The molecule has 0 amide bonds. The van der Waals surface area contributed by atoms with Crippen molar-refractivity contribution in [2.45, 2.75) is 12.2 Å². The maximum absolute atomic E-state index is 5.86. The topological polar surface area (TPSA) is 55.0 Å². The number of nitrogens with two attached hydrogens (primary N) is 1. The third kappa shape index (κ3) is 2.29. The largest absolute Gasteiger partial charge is 0.393 e. The molecule has 0 aliphatic carbocycles. The highest BCUT2D eigenvalue weighted by atomic mass is 35.5. The van der Waals surface area contributed by atoms with Gasteiger partial charge in [0.25, 0.3) is 0 Å². The van der Waals surface area contributed by atoms with Gasteiger partial charge in [-0.1, -0.05) is 18.5 Å².